The van der Waals surface area contributed by atoms with Crippen LogP contribution in [0.1, 0.15) is 69.6 Å². The molecule has 0 aliphatic heterocycles. The van der Waals surface area contributed by atoms with Gasteiger partial charge in [-0.25, -0.2) is 9.67 Å². The van der Waals surface area contributed by atoms with Crippen molar-refractivity contribution in [2.24, 2.45) is 7.05 Å². The molecule has 0 saturated carbocycles. The average Bonchev–Trinajstić information content (AvgIpc) is 3.22. The summed E-state index contributed by atoms with van der Waals surface area (Å²) in [5, 5.41) is 4.62. The van der Waals surface area contributed by atoms with Crippen LogP contribution in [0, 0.1) is 20.8 Å². The van der Waals surface area contributed by atoms with E-state index in [0.717, 1.165) is 29.7 Å². The first kappa shape index (κ1) is 26.1. The van der Waals surface area contributed by atoms with Crippen LogP contribution in [0.3, 0.4) is 0 Å². The van der Waals surface area contributed by atoms with Gasteiger partial charge in [-0.2, -0.15) is 5.10 Å². The molecule has 2 amide bonds. The molecule has 35 heavy (non-hydrogen) atoms. The van der Waals surface area contributed by atoms with Gasteiger partial charge in [0.1, 0.15) is 15.6 Å². The molecule has 3 rings (SSSR count). The number of aromatic nitrogens is 3. The summed E-state index contributed by atoms with van der Waals surface area (Å²) >= 11 is 1.10. The van der Waals surface area contributed by atoms with Gasteiger partial charge in [-0.1, -0.05) is 26.2 Å². The Bertz CT molecular complexity index is 1260. The van der Waals surface area contributed by atoms with Gasteiger partial charge >= 0.3 is 0 Å². The first-order chi connectivity index (χ1) is 16.7. The summed E-state index contributed by atoms with van der Waals surface area (Å²) in [5.41, 5.74) is 7.27. The number of hydrogen-bond donors (Lipinski definition) is 2. The Kier molecular flexibility index (Phi) is 8.75. The molecular weight excluding hydrogens is 466 g/mol. The molecule has 1 aromatic carbocycles. The Labute approximate surface area is 208 Å². The van der Waals surface area contributed by atoms with Gasteiger partial charge in [0.15, 0.2) is 0 Å². The molecule has 10 heteroatoms. The largest absolute Gasteiger partial charge is 0.494 e. The van der Waals surface area contributed by atoms with Gasteiger partial charge in [-0.05, 0) is 57.0 Å². The number of nitrogens with one attached hydrogen (secondary N) is 2. The standard InChI is InChI=1S/C25H31N5O4S/c1-6-7-8-9-14-34-19-12-10-18(11-13-19)22(31)27-28-23(32)21-17(4)26-24(35-21)20-15(2)16(3)29-30(5)25(20)33/h10-13H,6-9,14H2,1-5H3,(H,27,31)(H,28,32). The molecule has 186 valence electrons. The van der Waals surface area contributed by atoms with Gasteiger partial charge in [-0.15, -0.1) is 11.3 Å². The van der Waals surface area contributed by atoms with Crippen LogP contribution in [0.2, 0.25) is 0 Å². The van der Waals surface area contributed by atoms with E-state index in [-0.39, 0.29) is 5.56 Å². The van der Waals surface area contributed by atoms with Crippen molar-refractivity contribution in [3.05, 3.63) is 62.0 Å². The maximum atomic E-state index is 12.7. The number of nitrogens with zero attached hydrogens (tertiary/aromatic N) is 3. The third-order valence-corrected chi connectivity index (χ3v) is 6.79. The normalized spacial score (nSPS) is 10.8. The van der Waals surface area contributed by atoms with E-state index in [2.05, 4.69) is 27.9 Å². The maximum absolute atomic E-state index is 12.7. The van der Waals surface area contributed by atoms with E-state index in [9.17, 15) is 14.4 Å². The van der Waals surface area contributed by atoms with E-state index < -0.39 is 11.8 Å². The lowest BCUT2D eigenvalue weighted by Crippen LogP contribution is -2.41. The number of benzene rings is 1. The second-order valence-corrected chi connectivity index (χ2v) is 9.29. The summed E-state index contributed by atoms with van der Waals surface area (Å²) in [6, 6.07) is 6.75. The summed E-state index contributed by atoms with van der Waals surface area (Å²) in [6.07, 6.45) is 4.50. The average molecular weight is 498 g/mol. The van der Waals surface area contributed by atoms with Crippen LogP contribution in [0.5, 0.6) is 5.75 Å². The zero-order valence-electron chi connectivity index (χ0n) is 20.7. The summed E-state index contributed by atoms with van der Waals surface area (Å²) in [4.78, 5) is 42.6. The molecule has 0 atom stereocenters. The van der Waals surface area contributed by atoms with E-state index in [1.807, 2.05) is 6.92 Å². The number of hydrogen-bond acceptors (Lipinski definition) is 7. The lowest BCUT2D eigenvalue weighted by molar-refractivity contribution is 0.0848. The van der Waals surface area contributed by atoms with Gasteiger partial charge in [-0.3, -0.25) is 25.2 Å². The molecule has 0 saturated heterocycles. The molecule has 2 heterocycles. The molecule has 0 spiro atoms. The second-order valence-electron chi connectivity index (χ2n) is 8.29. The van der Waals surface area contributed by atoms with E-state index in [1.165, 1.54) is 17.5 Å². The predicted molar refractivity (Wildman–Crippen MR) is 136 cm³/mol. The van der Waals surface area contributed by atoms with Gasteiger partial charge < -0.3 is 4.74 Å². The highest BCUT2D eigenvalue weighted by Crippen LogP contribution is 2.28. The highest BCUT2D eigenvalue weighted by molar-refractivity contribution is 7.17. The molecular formula is C25H31N5O4S. The monoisotopic (exact) mass is 497 g/mol. The van der Waals surface area contributed by atoms with Crippen molar-refractivity contribution in [3.8, 4) is 16.3 Å². The van der Waals surface area contributed by atoms with E-state index in [1.54, 1.807) is 45.2 Å². The SMILES string of the molecule is CCCCCCOc1ccc(C(=O)NNC(=O)c2sc(-c3c(C)c(C)nn(C)c3=O)nc2C)cc1. The van der Waals surface area contributed by atoms with E-state index in [4.69, 9.17) is 4.74 Å². The zero-order valence-corrected chi connectivity index (χ0v) is 21.5. The minimum absolute atomic E-state index is 0.282. The minimum atomic E-state index is -0.508. The third-order valence-electron chi connectivity index (χ3n) is 5.61. The summed E-state index contributed by atoms with van der Waals surface area (Å²) < 4.78 is 6.95. The van der Waals surface area contributed by atoms with Crippen molar-refractivity contribution in [3.63, 3.8) is 0 Å². The fraction of sp³-hybridized carbons (Fsp3) is 0.400. The van der Waals surface area contributed by atoms with Crippen LogP contribution in [0.15, 0.2) is 29.1 Å². The van der Waals surface area contributed by atoms with Crippen LogP contribution in [-0.2, 0) is 7.05 Å². The molecule has 9 nitrogen and oxygen atoms in total. The fourth-order valence-corrected chi connectivity index (χ4v) is 4.53. The predicted octanol–water partition coefficient (Wildman–Crippen LogP) is 3.86. The molecule has 0 aliphatic rings. The molecule has 0 fully saturated rings. The molecule has 2 N–H and O–H groups in total. The van der Waals surface area contributed by atoms with Crippen molar-refractivity contribution in [2.75, 3.05) is 6.61 Å². The number of unbranched alkanes of at least 4 members (excludes halogenated alkanes) is 3. The van der Waals surface area contributed by atoms with E-state index in [0.29, 0.717) is 44.8 Å². The Morgan fingerprint density at radius 1 is 1.00 bits per heavy atom. The molecule has 0 aliphatic carbocycles. The number of carbonyl (C=O) groups excluding carboxylic acids is 2. The molecule has 0 bridgehead atoms. The highest BCUT2D eigenvalue weighted by atomic mass is 32.1. The molecule has 0 unspecified atom stereocenters. The number of rotatable bonds is 9. The Morgan fingerprint density at radius 3 is 2.37 bits per heavy atom. The summed E-state index contributed by atoms with van der Waals surface area (Å²) in [7, 11) is 1.58. The lowest BCUT2D eigenvalue weighted by atomic mass is 10.1. The van der Waals surface area contributed by atoms with Gasteiger partial charge in [0, 0.05) is 12.6 Å². The van der Waals surface area contributed by atoms with Crippen LogP contribution >= 0.6 is 11.3 Å². The topological polar surface area (TPSA) is 115 Å². The highest BCUT2D eigenvalue weighted by Gasteiger charge is 2.21. The molecule has 3 aromatic rings. The van der Waals surface area contributed by atoms with Crippen LogP contribution in [-0.4, -0.2) is 33.2 Å². The van der Waals surface area contributed by atoms with Crippen molar-refractivity contribution >= 4 is 23.2 Å². The Hall–Kier alpha value is -3.53. The van der Waals surface area contributed by atoms with Gasteiger partial charge in [0.2, 0.25) is 0 Å². The second kappa shape index (κ2) is 11.7. The van der Waals surface area contributed by atoms with Crippen molar-refractivity contribution in [2.45, 2.75) is 53.4 Å². The number of thiazole rings is 1. The van der Waals surface area contributed by atoms with Crippen LogP contribution in [0.4, 0.5) is 0 Å². The minimum Gasteiger partial charge on any atom is -0.494 e. The third kappa shape index (κ3) is 6.33. The summed E-state index contributed by atoms with van der Waals surface area (Å²) in [5.74, 6) is -0.265. The van der Waals surface area contributed by atoms with Crippen LogP contribution in [0.25, 0.3) is 10.6 Å². The smallest absolute Gasteiger partial charge is 0.281 e. The first-order valence-electron chi connectivity index (χ1n) is 11.6. The van der Waals surface area contributed by atoms with Crippen molar-refractivity contribution in [1.82, 2.24) is 25.6 Å². The lowest BCUT2D eigenvalue weighted by Gasteiger charge is -2.09. The van der Waals surface area contributed by atoms with Crippen molar-refractivity contribution in [1.29, 1.82) is 0 Å². The number of carbonyl (C=O) groups is 2. The van der Waals surface area contributed by atoms with Crippen molar-refractivity contribution < 1.29 is 14.3 Å². The number of ether oxygens (including phenoxy) is 1. The number of hydrazine groups is 1. The van der Waals surface area contributed by atoms with Gasteiger partial charge in [0.05, 0.1) is 23.6 Å². The van der Waals surface area contributed by atoms with Crippen LogP contribution < -0.4 is 21.1 Å². The van der Waals surface area contributed by atoms with Gasteiger partial charge in [0.25, 0.3) is 17.4 Å². The molecule has 0 radical (unpaired) electrons. The Morgan fingerprint density at radius 2 is 1.69 bits per heavy atom. The fourth-order valence-electron chi connectivity index (χ4n) is 3.48. The Balaban J connectivity index is 1.62. The first-order valence-corrected chi connectivity index (χ1v) is 12.4. The maximum Gasteiger partial charge on any atom is 0.281 e. The quantitative estimate of drug-likeness (QED) is 0.343. The van der Waals surface area contributed by atoms with E-state index >= 15 is 0 Å². The molecule has 2 aromatic heterocycles. The summed E-state index contributed by atoms with van der Waals surface area (Å²) in [6.45, 7) is 8.11. The number of aryl methyl sites for hydroxylation is 3. The zero-order chi connectivity index (χ0) is 25.5. The number of amides is 2.